The molecule has 0 aliphatic heterocycles. The van der Waals surface area contributed by atoms with Crippen molar-refractivity contribution in [3.63, 3.8) is 0 Å². The molecule has 0 bridgehead atoms. The van der Waals surface area contributed by atoms with Gasteiger partial charge in [-0.1, -0.05) is 15.9 Å². The van der Waals surface area contributed by atoms with Crippen molar-refractivity contribution in [3.05, 3.63) is 55.4 Å². The zero-order valence-corrected chi connectivity index (χ0v) is 15.1. The van der Waals surface area contributed by atoms with E-state index in [1.54, 1.807) is 24.3 Å². The number of benzene rings is 2. The van der Waals surface area contributed by atoms with Crippen molar-refractivity contribution < 1.29 is 9.53 Å². The minimum Gasteiger partial charge on any atom is -0.410 e. The molecule has 7 heteroatoms. The van der Waals surface area contributed by atoms with Gasteiger partial charge in [0.1, 0.15) is 5.75 Å². The summed E-state index contributed by atoms with van der Waals surface area (Å²) < 4.78 is 7.43. The van der Waals surface area contributed by atoms with E-state index in [1.807, 2.05) is 18.2 Å². The van der Waals surface area contributed by atoms with Crippen molar-refractivity contribution in [2.45, 2.75) is 0 Å². The van der Waals surface area contributed by atoms with Crippen molar-refractivity contribution in [1.82, 2.24) is 0 Å². The number of halogens is 3. The smallest absolute Gasteiger partial charge is 0.410 e. The molecule has 0 aromatic heterocycles. The van der Waals surface area contributed by atoms with E-state index in [2.05, 4.69) is 53.1 Å². The predicted octanol–water partition coefficient (Wildman–Crippen LogP) is 5.46. The number of carbonyl (C=O) groups excluding carboxylic acids is 1. The fourth-order valence-corrected chi connectivity index (χ4v) is 3.95. The van der Waals surface area contributed by atoms with E-state index in [9.17, 15) is 4.79 Å². The van der Waals surface area contributed by atoms with Gasteiger partial charge < -0.3 is 4.74 Å². The number of rotatable bonds is 2. The molecule has 0 atom stereocenters. The van der Waals surface area contributed by atoms with Gasteiger partial charge in [-0.2, -0.15) is 5.26 Å². The maximum absolute atomic E-state index is 11.9. The van der Waals surface area contributed by atoms with Crippen LogP contribution in [0.3, 0.4) is 0 Å². The Morgan fingerprint density at radius 1 is 1.10 bits per heavy atom. The van der Waals surface area contributed by atoms with Gasteiger partial charge in [0.05, 0.1) is 17.3 Å². The van der Waals surface area contributed by atoms with Gasteiger partial charge in [0.2, 0.25) is 0 Å². The van der Waals surface area contributed by atoms with Crippen molar-refractivity contribution in [2.24, 2.45) is 0 Å². The van der Waals surface area contributed by atoms with Crippen LogP contribution in [0.25, 0.3) is 0 Å². The maximum atomic E-state index is 11.9. The SMILES string of the molecule is N#Cc1ccc(OC(=O)Nc2c(Br)cc(Br)cc2Br)cc1. The van der Waals surface area contributed by atoms with Gasteiger partial charge >= 0.3 is 6.09 Å². The van der Waals surface area contributed by atoms with Crippen LogP contribution in [0, 0.1) is 11.3 Å². The Balaban J connectivity index is 2.10. The van der Waals surface area contributed by atoms with Crippen LogP contribution in [-0.2, 0) is 0 Å². The number of hydrogen-bond acceptors (Lipinski definition) is 3. The van der Waals surface area contributed by atoms with E-state index >= 15 is 0 Å². The second-order valence-corrected chi connectivity index (χ2v) is 6.52. The van der Waals surface area contributed by atoms with E-state index in [1.165, 1.54) is 0 Å². The third-order valence-corrected chi connectivity index (χ3v) is 4.14. The Morgan fingerprint density at radius 2 is 1.67 bits per heavy atom. The van der Waals surface area contributed by atoms with Crippen molar-refractivity contribution in [2.75, 3.05) is 5.32 Å². The Hall–Kier alpha value is -1.36. The van der Waals surface area contributed by atoms with Crippen LogP contribution in [0.2, 0.25) is 0 Å². The molecule has 0 spiro atoms. The number of carbonyl (C=O) groups is 1. The standard InChI is InChI=1S/C14H7Br3N2O2/c15-9-5-11(16)13(12(17)6-9)19-14(20)21-10-3-1-8(7-18)2-4-10/h1-6H,(H,19,20). The Kier molecular flexibility index (Phi) is 5.39. The summed E-state index contributed by atoms with van der Waals surface area (Å²) in [6, 6.07) is 11.9. The quantitative estimate of drug-likeness (QED) is 0.629. The predicted molar refractivity (Wildman–Crippen MR) is 90.3 cm³/mol. The largest absolute Gasteiger partial charge is 0.417 e. The maximum Gasteiger partial charge on any atom is 0.417 e. The van der Waals surface area contributed by atoms with Crippen LogP contribution in [0.4, 0.5) is 10.5 Å². The molecule has 1 N–H and O–H groups in total. The molecule has 0 fully saturated rings. The number of nitrogens with one attached hydrogen (secondary N) is 1. The lowest BCUT2D eigenvalue weighted by Gasteiger charge is -2.10. The summed E-state index contributed by atoms with van der Waals surface area (Å²) in [7, 11) is 0. The van der Waals surface area contributed by atoms with Crippen LogP contribution in [-0.4, -0.2) is 6.09 Å². The Bertz CT molecular complexity index is 701. The van der Waals surface area contributed by atoms with Crippen LogP contribution in [0.1, 0.15) is 5.56 Å². The van der Waals surface area contributed by atoms with Crippen LogP contribution < -0.4 is 10.1 Å². The molecular weight excluding hydrogens is 468 g/mol. The number of amides is 1. The summed E-state index contributed by atoms with van der Waals surface area (Å²) in [5.41, 5.74) is 1.07. The first-order chi connectivity index (χ1) is 9.99. The summed E-state index contributed by atoms with van der Waals surface area (Å²) in [4.78, 5) is 11.9. The average Bonchev–Trinajstić information content (AvgIpc) is 2.43. The van der Waals surface area contributed by atoms with Gasteiger partial charge in [0.25, 0.3) is 0 Å². The van der Waals surface area contributed by atoms with Crippen molar-refractivity contribution in [1.29, 1.82) is 5.26 Å². The summed E-state index contributed by atoms with van der Waals surface area (Å²) in [5, 5.41) is 11.3. The molecule has 2 aromatic carbocycles. The number of hydrogen-bond donors (Lipinski definition) is 1. The monoisotopic (exact) mass is 472 g/mol. The third kappa shape index (κ3) is 4.30. The van der Waals surface area contributed by atoms with E-state index in [-0.39, 0.29) is 0 Å². The molecule has 0 saturated carbocycles. The fourth-order valence-electron chi connectivity index (χ4n) is 1.49. The van der Waals surface area contributed by atoms with E-state index in [0.29, 0.717) is 25.9 Å². The first-order valence-corrected chi connectivity index (χ1v) is 8.01. The summed E-state index contributed by atoms with van der Waals surface area (Å²) in [5.74, 6) is 0.357. The second-order valence-electron chi connectivity index (χ2n) is 3.90. The lowest BCUT2D eigenvalue weighted by atomic mass is 10.2. The van der Waals surface area contributed by atoms with Gasteiger partial charge in [-0.15, -0.1) is 0 Å². The van der Waals surface area contributed by atoms with Gasteiger partial charge in [0.15, 0.2) is 0 Å². The normalized spacial score (nSPS) is 9.81. The molecule has 0 saturated heterocycles. The van der Waals surface area contributed by atoms with Crippen LogP contribution in [0.15, 0.2) is 49.8 Å². The van der Waals surface area contributed by atoms with Gasteiger partial charge in [-0.05, 0) is 68.3 Å². The first-order valence-electron chi connectivity index (χ1n) is 5.63. The molecule has 4 nitrogen and oxygen atoms in total. The van der Waals surface area contributed by atoms with E-state index in [0.717, 1.165) is 4.47 Å². The minimum absolute atomic E-state index is 0.357. The molecule has 2 aromatic rings. The van der Waals surface area contributed by atoms with E-state index in [4.69, 9.17) is 10.00 Å². The summed E-state index contributed by atoms with van der Waals surface area (Å²) in [6.45, 7) is 0. The highest BCUT2D eigenvalue weighted by Gasteiger charge is 2.12. The molecule has 1 amide bonds. The number of nitrogens with zero attached hydrogens (tertiary/aromatic N) is 1. The molecule has 0 radical (unpaired) electrons. The lowest BCUT2D eigenvalue weighted by molar-refractivity contribution is 0.215. The molecule has 0 aliphatic carbocycles. The highest BCUT2D eigenvalue weighted by molar-refractivity contribution is 9.11. The Morgan fingerprint density at radius 3 is 2.19 bits per heavy atom. The van der Waals surface area contributed by atoms with Gasteiger partial charge in [-0.3, -0.25) is 5.32 Å². The van der Waals surface area contributed by atoms with Crippen molar-refractivity contribution >= 4 is 59.6 Å². The van der Waals surface area contributed by atoms with E-state index < -0.39 is 6.09 Å². The van der Waals surface area contributed by atoms with Gasteiger partial charge in [0, 0.05) is 13.4 Å². The molecule has 21 heavy (non-hydrogen) atoms. The molecule has 0 aliphatic rings. The molecule has 0 unspecified atom stereocenters. The average molecular weight is 475 g/mol. The van der Waals surface area contributed by atoms with Gasteiger partial charge in [-0.25, -0.2) is 4.79 Å². The highest BCUT2D eigenvalue weighted by Crippen LogP contribution is 2.34. The zero-order chi connectivity index (χ0) is 15.4. The summed E-state index contributed by atoms with van der Waals surface area (Å²) >= 11 is 10.1. The number of anilines is 1. The highest BCUT2D eigenvalue weighted by atomic mass is 79.9. The third-order valence-electron chi connectivity index (χ3n) is 2.43. The first kappa shape index (κ1) is 16.0. The lowest BCUT2D eigenvalue weighted by Crippen LogP contribution is -2.17. The van der Waals surface area contributed by atoms with Crippen LogP contribution >= 0.6 is 47.8 Å². The second kappa shape index (κ2) is 7.07. The topological polar surface area (TPSA) is 62.1 Å². The van der Waals surface area contributed by atoms with Crippen LogP contribution in [0.5, 0.6) is 5.75 Å². The molecular formula is C14H7Br3N2O2. The number of ether oxygens (including phenoxy) is 1. The summed E-state index contributed by atoms with van der Waals surface area (Å²) in [6.07, 6.45) is -0.622. The number of nitriles is 1. The zero-order valence-electron chi connectivity index (χ0n) is 10.4. The fraction of sp³-hybridized carbons (Fsp3) is 0. The van der Waals surface area contributed by atoms with Crippen molar-refractivity contribution in [3.8, 4) is 11.8 Å². The molecule has 0 heterocycles. The minimum atomic E-state index is -0.622. The molecule has 2 rings (SSSR count). The molecule has 106 valence electrons. The Labute approximate surface area is 146 Å².